The van der Waals surface area contributed by atoms with Crippen molar-refractivity contribution in [1.82, 2.24) is 24.6 Å². The molecular weight excluding hydrogens is 450 g/mol. The molecule has 0 spiro atoms. The fourth-order valence-corrected chi connectivity index (χ4v) is 6.50. The molecule has 32 heavy (non-hydrogen) atoms. The SMILES string of the molecule is CN(Cc1ccccc1)Cc1cn([C@@H]2CO[C@@H]3[C@@H]2OC[C@@H]3NS(=O)(=O)c2cccs2)nn1. The minimum Gasteiger partial charge on any atom is -0.371 e. The molecule has 0 saturated carbocycles. The number of ether oxygens (including phenoxy) is 2. The largest absolute Gasteiger partial charge is 0.371 e. The van der Waals surface area contributed by atoms with Crippen LogP contribution in [0.1, 0.15) is 17.3 Å². The average molecular weight is 476 g/mol. The van der Waals surface area contributed by atoms with Gasteiger partial charge in [0.25, 0.3) is 0 Å². The van der Waals surface area contributed by atoms with Crippen LogP contribution in [0.4, 0.5) is 0 Å². The maximum absolute atomic E-state index is 12.6. The van der Waals surface area contributed by atoms with E-state index >= 15 is 0 Å². The quantitative estimate of drug-likeness (QED) is 0.529. The van der Waals surface area contributed by atoms with Crippen LogP contribution in [0.15, 0.2) is 58.3 Å². The third kappa shape index (κ3) is 4.49. The minimum absolute atomic E-state index is 0.142. The van der Waals surface area contributed by atoms with Crippen molar-refractivity contribution in [2.75, 3.05) is 20.3 Å². The van der Waals surface area contributed by atoms with Crippen molar-refractivity contribution in [3.05, 3.63) is 65.3 Å². The summed E-state index contributed by atoms with van der Waals surface area (Å²) >= 11 is 1.19. The third-order valence-electron chi connectivity index (χ3n) is 5.72. The zero-order valence-electron chi connectivity index (χ0n) is 17.6. The van der Waals surface area contributed by atoms with Gasteiger partial charge in [0.15, 0.2) is 0 Å². The molecule has 2 aliphatic rings. The van der Waals surface area contributed by atoms with E-state index in [2.05, 4.69) is 32.1 Å². The van der Waals surface area contributed by atoms with Gasteiger partial charge in [0.2, 0.25) is 10.0 Å². The highest BCUT2D eigenvalue weighted by Crippen LogP contribution is 2.34. The zero-order chi connectivity index (χ0) is 22.1. The summed E-state index contributed by atoms with van der Waals surface area (Å²) in [5, 5.41) is 10.4. The average Bonchev–Trinajstić information content (AvgIpc) is 3.55. The monoisotopic (exact) mass is 475 g/mol. The lowest BCUT2D eigenvalue weighted by molar-refractivity contribution is 0.0624. The Morgan fingerprint density at radius 1 is 1.12 bits per heavy atom. The number of rotatable bonds is 8. The van der Waals surface area contributed by atoms with E-state index in [-0.39, 0.29) is 29.1 Å². The van der Waals surface area contributed by atoms with E-state index in [1.54, 1.807) is 22.2 Å². The number of nitrogens with one attached hydrogen (secondary N) is 1. The van der Waals surface area contributed by atoms with Gasteiger partial charge < -0.3 is 9.47 Å². The molecule has 1 aromatic carbocycles. The summed E-state index contributed by atoms with van der Waals surface area (Å²) in [6, 6.07) is 13.0. The molecule has 0 amide bonds. The first-order chi connectivity index (χ1) is 15.5. The van der Waals surface area contributed by atoms with Crippen LogP contribution in [-0.4, -0.2) is 66.8 Å². The van der Waals surface area contributed by atoms with Crippen LogP contribution in [0, 0.1) is 0 Å². The number of fused-ring (bicyclic) bond motifs is 1. The van der Waals surface area contributed by atoms with Crippen molar-refractivity contribution in [3.63, 3.8) is 0 Å². The van der Waals surface area contributed by atoms with Crippen LogP contribution in [0.2, 0.25) is 0 Å². The van der Waals surface area contributed by atoms with Crippen LogP contribution in [0.25, 0.3) is 0 Å². The maximum atomic E-state index is 12.6. The molecule has 4 atom stereocenters. The van der Waals surface area contributed by atoms with Gasteiger partial charge in [-0.15, -0.1) is 16.4 Å². The highest BCUT2D eigenvalue weighted by atomic mass is 32.2. The third-order valence-corrected chi connectivity index (χ3v) is 8.61. The van der Waals surface area contributed by atoms with Crippen LogP contribution in [0.5, 0.6) is 0 Å². The number of aromatic nitrogens is 3. The lowest BCUT2D eigenvalue weighted by atomic mass is 10.1. The fourth-order valence-electron chi connectivity index (χ4n) is 4.26. The Kier molecular flexibility index (Phi) is 6.10. The molecule has 4 heterocycles. The normalized spacial score (nSPS) is 25.4. The molecule has 2 aromatic heterocycles. The number of nitrogens with zero attached hydrogens (tertiary/aromatic N) is 4. The van der Waals surface area contributed by atoms with Gasteiger partial charge in [0.05, 0.1) is 31.1 Å². The van der Waals surface area contributed by atoms with E-state index in [0.717, 1.165) is 12.2 Å². The van der Waals surface area contributed by atoms with Crippen molar-refractivity contribution in [1.29, 1.82) is 0 Å². The van der Waals surface area contributed by atoms with Crippen molar-refractivity contribution in [2.45, 2.75) is 41.6 Å². The molecule has 3 aromatic rings. The van der Waals surface area contributed by atoms with Crippen LogP contribution in [-0.2, 0) is 32.6 Å². The lowest BCUT2D eigenvalue weighted by Gasteiger charge is -2.17. The number of benzene rings is 1. The van der Waals surface area contributed by atoms with Crippen LogP contribution >= 0.6 is 11.3 Å². The number of hydrogen-bond acceptors (Lipinski definition) is 8. The summed E-state index contributed by atoms with van der Waals surface area (Å²) in [5.74, 6) is 0. The predicted octanol–water partition coefficient (Wildman–Crippen LogP) is 1.66. The van der Waals surface area contributed by atoms with E-state index in [4.69, 9.17) is 9.47 Å². The van der Waals surface area contributed by atoms with Gasteiger partial charge in [0, 0.05) is 13.1 Å². The Morgan fingerprint density at radius 2 is 1.94 bits per heavy atom. The molecule has 2 fully saturated rings. The summed E-state index contributed by atoms with van der Waals surface area (Å²) in [4.78, 5) is 2.18. The first-order valence-electron chi connectivity index (χ1n) is 10.4. The van der Waals surface area contributed by atoms with Gasteiger partial charge in [-0.2, -0.15) is 0 Å². The van der Waals surface area contributed by atoms with Crippen molar-refractivity contribution in [3.8, 4) is 0 Å². The molecule has 9 nitrogen and oxygen atoms in total. The molecule has 2 saturated heterocycles. The number of thiophene rings is 1. The molecular formula is C21H25N5O4S2. The molecule has 0 radical (unpaired) electrons. The first-order valence-corrected chi connectivity index (χ1v) is 12.8. The Hall–Kier alpha value is -2.15. The van der Waals surface area contributed by atoms with E-state index in [1.807, 2.05) is 31.4 Å². The summed E-state index contributed by atoms with van der Waals surface area (Å²) in [6.07, 6.45) is 1.29. The summed E-state index contributed by atoms with van der Waals surface area (Å²) in [6.45, 7) is 2.15. The van der Waals surface area contributed by atoms with Gasteiger partial charge in [-0.25, -0.2) is 17.8 Å². The smallest absolute Gasteiger partial charge is 0.250 e. The molecule has 11 heteroatoms. The van der Waals surface area contributed by atoms with Gasteiger partial charge in [-0.3, -0.25) is 4.90 Å². The molecule has 0 bridgehead atoms. The Morgan fingerprint density at radius 3 is 2.72 bits per heavy atom. The van der Waals surface area contributed by atoms with Gasteiger partial charge in [-0.05, 0) is 24.1 Å². The van der Waals surface area contributed by atoms with Crippen molar-refractivity contribution < 1.29 is 17.9 Å². The van der Waals surface area contributed by atoms with E-state index in [0.29, 0.717) is 13.2 Å². The maximum Gasteiger partial charge on any atom is 0.250 e. The number of hydrogen-bond donors (Lipinski definition) is 1. The van der Waals surface area contributed by atoms with Crippen LogP contribution in [0.3, 0.4) is 0 Å². The zero-order valence-corrected chi connectivity index (χ0v) is 19.2. The second-order valence-electron chi connectivity index (χ2n) is 8.17. The Labute approximate surface area is 191 Å². The fraction of sp³-hybridized carbons (Fsp3) is 0.429. The van der Waals surface area contributed by atoms with E-state index in [1.165, 1.54) is 16.9 Å². The summed E-state index contributed by atoms with van der Waals surface area (Å²) < 4.78 is 41.9. The van der Waals surface area contributed by atoms with E-state index < -0.39 is 16.1 Å². The Bertz CT molecular complexity index is 1140. The number of sulfonamides is 1. The molecule has 0 aliphatic carbocycles. The standard InChI is InChI=1S/C21H25N5O4S2/c1-25(10-15-6-3-2-4-7-15)11-16-12-26(24-22-16)18-14-30-20-17(13-29-21(18)20)23-32(27,28)19-8-5-9-31-19/h2-9,12,17-18,20-21,23H,10-11,13-14H2,1H3/t17-,18+,20-,21+/m0/s1. The Balaban J connectivity index is 1.21. The van der Waals surface area contributed by atoms with Gasteiger partial charge >= 0.3 is 0 Å². The minimum atomic E-state index is -3.59. The molecule has 0 unspecified atom stereocenters. The summed E-state index contributed by atoms with van der Waals surface area (Å²) in [7, 11) is -1.54. The summed E-state index contributed by atoms with van der Waals surface area (Å²) in [5.41, 5.74) is 2.10. The lowest BCUT2D eigenvalue weighted by Crippen LogP contribution is -2.43. The van der Waals surface area contributed by atoms with Crippen molar-refractivity contribution >= 4 is 21.4 Å². The van der Waals surface area contributed by atoms with E-state index in [9.17, 15) is 8.42 Å². The first kappa shape index (κ1) is 21.7. The highest BCUT2D eigenvalue weighted by Gasteiger charge is 2.50. The van der Waals surface area contributed by atoms with Gasteiger partial charge in [-0.1, -0.05) is 41.6 Å². The second-order valence-corrected chi connectivity index (χ2v) is 11.1. The second kappa shape index (κ2) is 9.00. The molecule has 1 N–H and O–H groups in total. The molecule has 5 rings (SSSR count). The van der Waals surface area contributed by atoms with Crippen molar-refractivity contribution in [2.24, 2.45) is 0 Å². The molecule has 2 aliphatic heterocycles. The highest BCUT2D eigenvalue weighted by molar-refractivity contribution is 7.91. The topological polar surface area (TPSA) is 98.6 Å². The predicted molar refractivity (Wildman–Crippen MR) is 119 cm³/mol. The van der Waals surface area contributed by atoms with Crippen LogP contribution < -0.4 is 4.72 Å². The molecule has 170 valence electrons. The van der Waals surface area contributed by atoms with Gasteiger partial charge in [0.1, 0.15) is 22.5 Å².